The summed E-state index contributed by atoms with van der Waals surface area (Å²) in [6.45, 7) is 0. The van der Waals surface area contributed by atoms with Crippen LogP contribution in [0.25, 0.3) is 0 Å². The summed E-state index contributed by atoms with van der Waals surface area (Å²) in [5.74, 6) is 0. The molecule has 0 aromatic heterocycles. The van der Waals surface area contributed by atoms with E-state index in [9.17, 15) is 30.3 Å². The SMILES string of the molecule is O=[N+]([O-])c1ccc([I+]C([N+](=O)[O-])[N+](=O)[O-])cc1. The second-order valence-electron chi connectivity index (χ2n) is 2.72. The Balaban J connectivity index is 2.84. The fraction of sp³-hybridized carbons (Fsp3) is 0.143. The Morgan fingerprint density at radius 2 is 1.41 bits per heavy atom. The van der Waals surface area contributed by atoms with Crippen LogP contribution in [-0.4, -0.2) is 18.9 Å². The molecule has 0 aliphatic heterocycles. The van der Waals surface area contributed by atoms with Gasteiger partial charge >= 0.3 is 25.4 Å². The number of non-ortho nitro benzene ring substituents is 1. The predicted molar refractivity (Wildman–Crippen MR) is 49.6 cm³/mol. The molecule has 1 aromatic carbocycles. The van der Waals surface area contributed by atoms with Crippen molar-refractivity contribution in [1.29, 1.82) is 0 Å². The van der Waals surface area contributed by atoms with Crippen molar-refractivity contribution in [1.82, 2.24) is 0 Å². The van der Waals surface area contributed by atoms with Crippen LogP contribution in [0.2, 0.25) is 0 Å². The van der Waals surface area contributed by atoms with Crippen LogP contribution in [0.15, 0.2) is 24.3 Å². The molecule has 90 valence electrons. The molecule has 0 fully saturated rings. The van der Waals surface area contributed by atoms with Gasteiger partial charge in [-0.2, -0.15) is 0 Å². The zero-order valence-electron chi connectivity index (χ0n) is 8.06. The van der Waals surface area contributed by atoms with Gasteiger partial charge in [0.05, 0.1) is 4.92 Å². The smallest absolute Gasteiger partial charge is 0.258 e. The summed E-state index contributed by atoms with van der Waals surface area (Å²) in [4.78, 5) is 28.6. The number of nitrogens with zero attached hydrogens (tertiary/aromatic N) is 3. The largest absolute Gasteiger partial charge is 0.627 e. The van der Waals surface area contributed by atoms with Gasteiger partial charge in [0, 0.05) is 12.1 Å². The van der Waals surface area contributed by atoms with Crippen LogP contribution in [0.5, 0.6) is 0 Å². The molecule has 0 bridgehead atoms. The van der Waals surface area contributed by atoms with Crippen molar-refractivity contribution < 1.29 is 36.0 Å². The van der Waals surface area contributed by atoms with Crippen molar-refractivity contribution in [3.63, 3.8) is 0 Å². The van der Waals surface area contributed by atoms with Gasteiger partial charge in [0.15, 0.2) is 0 Å². The highest BCUT2D eigenvalue weighted by atomic mass is 127. The second kappa shape index (κ2) is 5.47. The molecule has 0 saturated heterocycles. The average molecular weight is 354 g/mol. The Morgan fingerprint density at radius 3 is 1.76 bits per heavy atom. The number of nitro groups is 3. The quantitative estimate of drug-likeness (QED) is 0.146. The van der Waals surface area contributed by atoms with Crippen LogP contribution >= 0.6 is 0 Å². The number of hydrogen-bond acceptors (Lipinski definition) is 6. The van der Waals surface area contributed by atoms with E-state index in [0.29, 0.717) is 3.57 Å². The summed E-state index contributed by atoms with van der Waals surface area (Å²) >= 11 is -1.47. The third-order valence-corrected chi connectivity index (χ3v) is 4.51. The first kappa shape index (κ1) is 13.2. The van der Waals surface area contributed by atoms with Gasteiger partial charge in [0.1, 0.15) is 9.85 Å². The van der Waals surface area contributed by atoms with Crippen LogP contribution in [0.1, 0.15) is 0 Å². The van der Waals surface area contributed by atoms with Crippen LogP contribution in [0.4, 0.5) is 5.69 Å². The van der Waals surface area contributed by atoms with Crippen LogP contribution in [-0.2, 0) is 0 Å². The summed E-state index contributed by atoms with van der Waals surface area (Å²) in [6, 6.07) is 4.97. The van der Waals surface area contributed by atoms with E-state index < -0.39 is 40.1 Å². The normalized spacial score (nSPS) is 10.2. The highest BCUT2D eigenvalue weighted by Gasteiger charge is 2.48. The summed E-state index contributed by atoms with van der Waals surface area (Å²) in [6.07, 6.45) is 0. The lowest BCUT2D eigenvalue weighted by atomic mass is 10.3. The topological polar surface area (TPSA) is 129 Å². The number of halogens is 1. The van der Waals surface area contributed by atoms with Gasteiger partial charge in [-0.15, -0.1) is 0 Å². The van der Waals surface area contributed by atoms with Crippen molar-refractivity contribution >= 4 is 5.69 Å². The minimum atomic E-state index is -1.82. The minimum Gasteiger partial charge on any atom is -0.258 e. The fourth-order valence-electron chi connectivity index (χ4n) is 0.905. The first-order valence-electron chi connectivity index (χ1n) is 4.06. The zero-order chi connectivity index (χ0) is 13.0. The number of alkyl halides is 1. The van der Waals surface area contributed by atoms with Crippen molar-refractivity contribution in [2.75, 3.05) is 0 Å². The molecule has 9 nitrogen and oxygen atoms in total. The highest BCUT2D eigenvalue weighted by molar-refractivity contribution is 5.27. The van der Waals surface area contributed by atoms with Crippen molar-refractivity contribution in [2.24, 2.45) is 0 Å². The molecule has 0 spiro atoms. The zero-order valence-corrected chi connectivity index (χ0v) is 10.2. The molecule has 0 unspecified atom stereocenters. The lowest BCUT2D eigenvalue weighted by Crippen LogP contribution is -3.66. The maximum Gasteiger partial charge on any atom is 0.627 e. The summed E-state index contributed by atoms with van der Waals surface area (Å²) in [5.41, 5.74) is -0.156. The van der Waals surface area contributed by atoms with E-state index in [1.807, 2.05) is 0 Å². The Hall–Kier alpha value is -1.85. The molecule has 10 heteroatoms. The highest BCUT2D eigenvalue weighted by Crippen LogP contribution is 2.07. The van der Waals surface area contributed by atoms with E-state index >= 15 is 0 Å². The predicted octanol–water partition coefficient (Wildman–Crippen LogP) is -2.31. The molecule has 1 aromatic rings. The molecule has 0 aliphatic carbocycles. The van der Waals surface area contributed by atoms with E-state index in [0.717, 1.165) is 0 Å². The van der Waals surface area contributed by atoms with Gasteiger partial charge in [0.2, 0.25) is 3.57 Å². The number of hydrogen-bond donors (Lipinski definition) is 0. The lowest BCUT2D eigenvalue weighted by Gasteiger charge is -1.90. The maximum atomic E-state index is 10.4. The Bertz CT molecular complexity index is 447. The maximum absolute atomic E-state index is 10.4. The molecule has 0 atom stereocenters. The van der Waals surface area contributed by atoms with Gasteiger partial charge in [0.25, 0.3) is 5.69 Å². The Morgan fingerprint density at radius 1 is 0.941 bits per heavy atom. The summed E-state index contributed by atoms with van der Waals surface area (Å²) in [7, 11) is 0. The molecule has 0 heterocycles. The molecule has 0 saturated carbocycles. The van der Waals surface area contributed by atoms with E-state index in [4.69, 9.17) is 0 Å². The standard InChI is InChI=1S/C7H5IN3O6/c12-9(13)6-3-1-5(2-4-6)8-7(10(14)15)11(16)17/h1-4,7H/q+1. The lowest BCUT2D eigenvalue weighted by molar-refractivity contribution is -0.966. The van der Waals surface area contributed by atoms with Crippen LogP contribution < -0.4 is 21.2 Å². The van der Waals surface area contributed by atoms with E-state index in [2.05, 4.69) is 0 Å². The van der Waals surface area contributed by atoms with E-state index in [-0.39, 0.29) is 5.69 Å². The number of nitro benzene ring substituents is 1. The van der Waals surface area contributed by atoms with Crippen molar-refractivity contribution in [3.05, 3.63) is 58.2 Å². The van der Waals surface area contributed by atoms with Gasteiger partial charge in [-0.05, 0) is 12.1 Å². The third-order valence-electron chi connectivity index (χ3n) is 1.61. The fourth-order valence-corrected chi connectivity index (χ4v) is 2.78. The molecular formula is C7H5IN3O6+. The Labute approximate surface area is 104 Å². The van der Waals surface area contributed by atoms with Gasteiger partial charge < -0.3 is 0 Å². The second-order valence-corrected chi connectivity index (χ2v) is 5.71. The van der Waals surface area contributed by atoms with Crippen LogP contribution in [0.3, 0.4) is 0 Å². The minimum absolute atomic E-state index is 0.156. The molecule has 0 N–H and O–H groups in total. The summed E-state index contributed by atoms with van der Waals surface area (Å²) < 4.78 is -1.41. The average Bonchev–Trinajstić information content (AvgIpc) is 2.25. The van der Waals surface area contributed by atoms with Crippen LogP contribution in [0, 0.1) is 33.9 Å². The molecule has 0 radical (unpaired) electrons. The molecule has 0 aliphatic rings. The van der Waals surface area contributed by atoms with Crippen molar-refractivity contribution in [3.8, 4) is 0 Å². The van der Waals surface area contributed by atoms with Gasteiger partial charge in [-0.3, -0.25) is 30.3 Å². The monoisotopic (exact) mass is 354 g/mol. The molecular weight excluding hydrogens is 349 g/mol. The van der Waals surface area contributed by atoms with Crippen molar-refractivity contribution in [2.45, 2.75) is 4.17 Å². The first-order valence-corrected chi connectivity index (χ1v) is 6.39. The first-order chi connectivity index (χ1) is 7.91. The molecule has 0 amide bonds. The number of rotatable bonds is 5. The van der Waals surface area contributed by atoms with E-state index in [1.165, 1.54) is 24.3 Å². The molecule has 17 heavy (non-hydrogen) atoms. The van der Waals surface area contributed by atoms with E-state index in [1.54, 1.807) is 0 Å². The Kier molecular flexibility index (Phi) is 4.25. The van der Waals surface area contributed by atoms with Gasteiger partial charge in [-0.1, -0.05) is 0 Å². The number of benzene rings is 1. The third kappa shape index (κ3) is 3.58. The van der Waals surface area contributed by atoms with Gasteiger partial charge in [-0.25, -0.2) is 0 Å². The summed E-state index contributed by atoms with van der Waals surface area (Å²) in [5, 5.41) is 31.2. The molecule has 1 rings (SSSR count).